The molecule has 1 N–H and O–H groups in total. The molecular weight excluding hydrogens is 252 g/mol. The molecule has 4 nitrogen and oxygen atoms in total. The highest BCUT2D eigenvalue weighted by Gasteiger charge is 2.13. The smallest absolute Gasteiger partial charge is 0.233 e. The van der Waals surface area contributed by atoms with E-state index in [0.717, 1.165) is 29.7 Å². The summed E-state index contributed by atoms with van der Waals surface area (Å²) in [5.41, 5.74) is 2.93. The lowest BCUT2D eigenvalue weighted by molar-refractivity contribution is -0.133. The van der Waals surface area contributed by atoms with Gasteiger partial charge in [0, 0.05) is 19.3 Å². The van der Waals surface area contributed by atoms with E-state index in [0.29, 0.717) is 6.54 Å². The number of carbonyl (C=O) groups excluding carboxylic acids is 2. The van der Waals surface area contributed by atoms with Crippen LogP contribution in [0.5, 0.6) is 0 Å². The fraction of sp³-hybridized carbons (Fsp3) is 0.500. The maximum atomic E-state index is 11.9. The van der Waals surface area contributed by atoms with Crippen LogP contribution in [0.15, 0.2) is 18.2 Å². The molecule has 0 aliphatic rings. The highest BCUT2D eigenvalue weighted by molar-refractivity contribution is 6.03. The fourth-order valence-corrected chi connectivity index (χ4v) is 2.04. The molecule has 0 saturated heterocycles. The number of hydrogen-bond donors (Lipinski definition) is 1. The summed E-state index contributed by atoms with van der Waals surface area (Å²) >= 11 is 0. The minimum absolute atomic E-state index is 0.104. The second kappa shape index (κ2) is 7.68. The van der Waals surface area contributed by atoms with Crippen molar-refractivity contribution in [3.8, 4) is 0 Å². The van der Waals surface area contributed by atoms with E-state index >= 15 is 0 Å². The number of carbonyl (C=O) groups is 2. The van der Waals surface area contributed by atoms with Crippen LogP contribution in [0.3, 0.4) is 0 Å². The maximum absolute atomic E-state index is 11.9. The molecular formula is C16H24N2O2. The molecule has 110 valence electrons. The second-order valence-electron chi connectivity index (χ2n) is 5.27. The van der Waals surface area contributed by atoms with Gasteiger partial charge in [0.2, 0.25) is 11.8 Å². The van der Waals surface area contributed by atoms with Gasteiger partial charge in [0.25, 0.3) is 0 Å². The third-order valence-electron chi connectivity index (χ3n) is 3.09. The first-order valence-electron chi connectivity index (χ1n) is 7.04. The molecule has 0 aliphatic carbocycles. The van der Waals surface area contributed by atoms with Crippen LogP contribution in [0, 0.1) is 13.8 Å². The van der Waals surface area contributed by atoms with Crippen molar-refractivity contribution in [2.75, 3.05) is 18.9 Å². The molecule has 0 heterocycles. The van der Waals surface area contributed by atoms with Gasteiger partial charge in [-0.1, -0.05) is 19.4 Å². The SMILES string of the molecule is CCCCN(C)C(=O)CC(=O)Nc1cc(C)cc(C)c1. The number of benzene rings is 1. The van der Waals surface area contributed by atoms with E-state index in [-0.39, 0.29) is 18.2 Å². The average Bonchev–Trinajstić information content (AvgIpc) is 2.34. The monoisotopic (exact) mass is 276 g/mol. The Morgan fingerprint density at radius 3 is 2.30 bits per heavy atom. The van der Waals surface area contributed by atoms with Gasteiger partial charge >= 0.3 is 0 Å². The molecule has 20 heavy (non-hydrogen) atoms. The normalized spacial score (nSPS) is 10.2. The van der Waals surface area contributed by atoms with Crippen LogP contribution in [0.25, 0.3) is 0 Å². The van der Waals surface area contributed by atoms with Crippen molar-refractivity contribution in [1.82, 2.24) is 4.90 Å². The zero-order valence-electron chi connectivity index (χ0n) is 12.8. The van der Waals surface area contributed by atoms with E-state index in [4.69, 9.17) is 0 Å². The number of hydrogen-bond acceptors (Lipinski definition) is 2. The van der Waals surface area contributed by atoms with Gasteiger partial charge in [-0.15, -0.1) is 0 Å². The molecule has 1 aromatic rings. The van der Waals surface area contributed by atoms with Gasteiger partial charge in [0.05, 0.1) is 0 Å². The summed E-state index contributed by atoms with van der Waals surface area (Å²) in [5.74, 6) is -0.399. The van der Waals surface area contributed by atoms with Crippen molar-refractivity contribution in [2.24, 2.45) is 0 Å². The Morgan fingerprint density at radius 1 is 1.15 bits per heavy atom. The average molecular weight is 276 g/mol. The Kier molecular flexibility index (Phi) is 6.22. The van der Waals surface area contributed by atoms with E-state index in [2.05, 4.69) is 12.2 Å². The van der Waals surface area contributed by atoms with Gasteiger partial charge in [-0.3, -0.25) is 9.59 Å². The van der Waals surface area contributed by atoms with Crippen molar-refractivity contribution in [1.29, 1.82) is 0 Å². The van der Waals surface area contributed by atoms with Crippen molar-refractivity contribution >= 4 is 17.5 Å². The Hall–Kier alpha value is -1.84. The molecule has 0 unspecified atom stereocenters. The number of aryl methyl sites for hydroxylation is 2. The van der Waals surface area contributed by atoms with E-state index in [1.165, 1.54) is 0 Å². The molecule has 1 rings (SSSR count). The highest BCUT2D eigenvalue weighted by atomic mass is 16.2. The highest BCUT2D eigenvalue weighted by Crippen LogP contribution is 2.14. The number of rotatable bonds is 6. The molecule has 0 spiro atoms. The van der Waals surface area contributed by atoms with Crippen LogP contribution in [0.2, 0.25) is 0 Å². The van der Waals surface area contributed by atoms with Crippen LogP contribution in [-0.2, 0) is 9.59 Å². The fourth-order valence-electron chi connectivity index (χ4n) is 2.04. The largest absolute Gasteiger partial charge is 0.345 e. The first kappa shape index (κ1) is 16.2. The first-order chi connectivity index (χ1) is 9.42. The van der Waals surface area contributed by atoms with Gasteiger partial charge in [0.15, 0.2) is 0 Å². The molecule has 1 aromatic carbocycles. The lowest BCUT2D eigenvalue weighted by atomic mass is 10.1. The van der Waals surface area contributed by atoms with Crippen LogP contribution in [-0.4, -0.2) is 30.3 Å². The summed E-state index contributed by atoms with van der Waals surface area (Å²) < 4.78 is 0. The van der Waals surface area contributed by atoms with Gasteiger partial charge in [0.1, 0.15) is 6.42 Å². The number of anilines is 1. The molecule has 0 radical (unpaired) electrons. The topological polar surface area (TPSA) is 49.4 Å². The number of amides is 2. The Balaban J connectivity index is 2.52. The molecule has 0 fully saturated rings. The summed E-state index contributed by atoms with van der Waals surface area (Å²) in [5, 5.41) is 2.78. The van der Waals surface area contributed by atoms with E-state index in [9.17, 15) is 9.59 Å². The van der Waals surface area contributed by atoms with Crippen molar-refractivity contribution in [3.05, 3.63) is 29.3 Å². The van der Waals surface area contributed by atoms with Crippen molar-refractivity contribution in [3.63, 3.8) is 0 Å². The summed E-state index contributed by atoms with van der Waals surface area (Å²) in [6, 6.07) is 5.84. The van der Waals surface area contributed by atoms with Crippen LogP contribution < -0.4 is 5.32 Å². The zero-order valence-corrected chi connectivity index (χ0v) is 12.8. The minimum atomic E-state index is -0.261. The number of nitrogens with zero attached hydrogens (tertiary/aromatic N) is 1. The lowest BCUT2D eigenvalue weighted by Gasteiger charge is -2.16. The summed E-state index contributed by atoms with van der Waals surface area (Å²) in [6.45, 7) is 6.73. The Labute approximate surface area is 121 Å². The van der Waals surface area contributed by atoms with Gasteiger partial charge in [-0.25, -0.2) is 0 Å². The number of unbranched alkanes of at least 4 members (excludes halogenated alkanes) is 1. The summed E-state index contributed by atoms with van der Waals surface area (Å²) in [7, 11) is 1.74. The third kappa shape index (κ3) is 5.43. The number of nitrogens with one attached hydrogen (secondary N) is 1. The van der Waals surface area contributed by atoms with Crippen LogP contribution >= 0.6 is 0 Å². The Bertz CT molecular complexity index is 463. The zero-order chi connectivity index (χ0) is 15.1. The van der Waals surface area contributed by atoms with Gasteiger partial charge < -0.3 is 10.2 Å². The molecule has 0 saturated carbocycles. The molecule has 0 aliphatic heterocycles. The quantitative estimate of drug-likeness (QED) is 0.812. The van der Waals surface area contributed by atoms with E-state index in [1.54, 1.807) is 11.9 Å². The molecule has 4 heteroatoms. The predicted octanol–water partition coefficient (Wildman–Crippen LogP) is 2.89. The standard InChI is InChI=1S/C16H24N2O2/c1-5-6-7-18(4)16(20)11-15(19)17-14-9-12(2)8-13(3)10-14/h8-10H,5-7,11H2,1-4H3,(H,17,19). The first-order valence-corrected chi connectivity index (χ1v) is 7.04. The molecule has 2 amide bonds. The van der Waals surface area contributed by atoms with Gasteiger partial charge in [-0.05, 0) is 43.5 Å². The second-order valence-corrected chi connectivity index (χ2v) is 5.27. The van der Waals surface area contributed by atoms with Crippen molar-refractivity contribution in [2.45, 2.75) is 40.0 Å². The van der Waals surface area contributed by atoms with E-state index < -0.39 is 0 Å². The van der Waals surface area contributed by atoms with Crippen molar-refractivity contribution < 1.29 is 9.59 Å². The molecule has 0 atom stereocenters. The van der Waals surface area contributed by atoms with Crippen LogP contribution in [0.4, 0.5) is 5.69 Å². The lowest BCUT2D eigenvalue weighted by Crippen LogP contribution is -2.31. The minimum Gasteiger partial charge on any atom is -0.345 e. The van der Waals surface area contributed by atoms with Crippen LogP contribution in [0.1, 0.15) is 37.3 Å². The molecule has 0 bridgehead atoms. The molecule has 0 aromatic heterocycles. The third-order valence-corrected chi connectivity index (χ3v) is 3.09. The Morgan fingerprint density at radius 2 is 1.75 bits per heavy atom. The summed E-state index contributed by atoms with van der Waals surface area (Å²) in [4.78, 5) is 25.3. The van der Waals surface area contributed by atoms with E-state index in [1.807, 2.05) is 32.0 Å². The van der Waals surface area contributed by atoms with Gasteiger partial charge in [-0.2, -0.15) is 0 Å². The maximum Gasteiger partial charge on any atom is 0.233 e. The predicted molar refractivity (Wildman–Crippen MR) is 81.7 cm³/mol. The summed E-state index contributed by atoms with van der Waals surface area (Å²) in [6.07, 6.45) is 1.89.